The van der Waals surface area contributed by atoms with Crippen molar-refractivity contribution in [3.8, 4) is 0 Å². The van der Waals surface area contributed by atoms with E-state index in [1.54, 1.807) is 6.07 Å². The Morgan fingerprint density at radius 2 is 1.90 bits per heavy atom. The molecule has 1 atom stereocenters. The number of rotatable bonds is 3. The van der Waals surface area contributed by atoms with Gasteiger partial charge in [0.2, 0.25) is 0 Å². The van der Waals surface area contributed by atoms with Gasteiger partial charge < -0.3 is 9.73 Å². The Bertz CT molecular complexity index is 736. The molecule has 2 aromatic carbocycles. The monoisotopic (exact) mass is 333 g/mol. The number of nitrogens with one attached hydrogen (secondary N) is 1. The highest BCUT2D eigenvalue weighted by atomic mass is 79.9. The average Bonchev–Trinajstić information content (AvgIpc) is 2.87. The number of benzene rings is 2. The Balaban J connectivity index is 2.07. The second-order valence-electron chi connectivity index (χ2n) is 4.58. The van der Waals surface area contributed by atoms with Crippen molar-refractivity contribution >= 4 is 26.9 Å². The molecule has 1 N–H and O–H groups in total. The first-order valence-corrected chi connectivity index (χ1v) is 7.09. The second kappa shape index (κ2) is 5.38. The zero-order valence-corrected chi connectivity index (χ0v) is 12.4. The highest BCUT2D eigenvalue weighted by molar-refractivity contribution is 9.10. The van der Waals surface area contributed by atoms with Gasteiger partial charge in [0.15, 0.2) is 11.4 Å². The van der Waals surface area contributed by atoms with E-state index < -0.39 is 0 Å². The van der Waals surface area contributed by atoms with Gasteiger partial charge in [-0.05, 0) is 36.9 Å². The van der Waals surface area contributed by atoms with Crippen molar-refractivity contribution in [2.45, 2.75) is 6.04 Å². The van der Waals surface area contributed by atoms with Crippen LogP contribution in [0.1, 0.15) is 17.4 Å². The van der Waals surface area contributed by atoms with Crippen LogP contribution in [0.4, 0.5) is 4.39 Å². The minimum atomic E-state index is -0.334. The number of para-hydroxylation sites is 1. The molecule has 0 saturated heterocycles. The topological polar surface area (TPSA) is 25.2 Å². The Morgan fingerprint density at radius 1 is 1.15 bits per heavy atom. The first-order valence-electron chi connectivity index (χ1n) is 6.29. The van der Waals surface area contributed by atoms with Gasteiger partial charge in [-0.25, -0.2) is 4.39 Å². The number of halogens is 2. The van der Waals surface area contributed by atoms with Crippen molar-refractivity contribution in [1.29, 1.82) is 0 Å². The van der Waals surface area contributed by atoms with Crippen LogP contribution in [0.15, 0.2) is 57.4 Å². The van der Waals surface area contributed by atoms with Crippen LogP contribution >= 0.6 is 15.9 Å². The van der Waals surface area contributed by atoms with Crippen LogP contribution in [0.3, 0.4) is 0 Å². The summed E-state index contributed by atoms with van der Waals surface area (Å²) in [4.78, 5) is 0. The molecule has 1 heterocycles. The summed E-state index contributed by atoms with van der Waals surface area (Å²) in [5.74, 6) is 0.370. The average molecular weight is 334 g/mol. The maximum absolute atomic E-state index is 13.7. The SMILES string of the molecule is CNC(c1ccc(Br)cc1)c1cc2cccc(F)c2o1. The van der Waals surface area contributed by atoms with Gasteiger partial charge in [0.1, 0.15) is 5.76 Å². The minimum Gasteiger partial charge on any atom is -0.456 e. The highest BCUT2D eigenvalue weighted by Crippen LogP contribution is 2.29. The fourth-order valence-corrected chi connectivity index (χ4v) is 2.58. The molecule has 0 aliphatic rings. The maximum atomic E-state index is 13.7. The highest BCUT2D eigenvalue weighted by Gasteiger charge is 2.17. The number of hydrogen-bond acceptors (Lipinski definition) is 2. The summed E-state index contributed by atoms with van der Waals surface area (Å²) in [7, 11) is 1.86. The van der Waals surface area contributed by atoms with Crippen LogP contribution in [0.25, 0.3) is 11.0 Å². The molecule has 0 spiro atoms. The predicted octanol–water partition coefficient (Wildman–Crippen LogP) is 4.64. The second-order valence-corrected chi connectivity index (χ2v) is 5.50. The third kappa shape index (κ3) is 2.37. The third-order valence-corrected chi connectivity index (χ3v) is 3.82. The number of hydrogen-bond donors (Lipinski definition) is 1. The van der Waals surface area contributed by atoms with Crippen molar-refractivity contribution < 1.29 is 8.81 Å². The molecule has 0 radical (unpaired) electrons. The molecule has 4 heteroatoms. The lowest BCUT2D eigenvalue weighted by atomic mass is 10.0. The van der Waals surface area contributed by atoms with Gasteiger partial charge in [-0.1, -0.05) is 40.2 Å². The molecule has 0 aliphatic carbocycles. The molecule has 0 aliphatic heterocycles. The van der Waals surface area contributed by atoms with Crippen LogP contribution < -0.4 is 5.32 Å². The first kappa shape index (κ1) is 13.3. The molecule has 0 amide bonds. The Labute approximate surface area is 124 Å². The van der Waals surface area contributed by atoms with E-state index in [9.17, 15) is 4.39 Å². The largest absolute Gasteiger partial charge is 0.456 e. The molecule has 0 bridgehead atoms. The zero-order chi connectivity index (χ0) is 14.1. The van der Waals surface area contributed by atoms with Crippen LogP contribution in [-0.4, -0.2) is 7.05 Å². The molecule has 20 heavy (non-hydrogen) atoms. The van der Waals surface area contributed by atoms with Crippen LogP contribution in [0.5, 0.6) is 0 Å². The van der Waals surface area contributed by atoms with E-state index >= 15 is 0 Å². The molecule has 1 unspecified atom stereocenters. The molecule has 3 aromatic rings. The molecule has 0 fully saturated rings. The van der Waals surface area contributed by atoms with E-state index in [2.05, 4.69) is 21.2 Å². The zero-order valence-electron chi connectivity index (χ0n) is 10.9. The van der Waals surface area contributed by atoms with E-state index in [4.69, 9.17) is 4.42 Å². The van der Waals surface area contributed by atoms with Gasteiger partial charge in [0, 0.05) is 9.86 Å². The van der Waals surface area contributed by atoms with Crippen molar-refractivity contribution in [3.05, 3.63) is 70.1 Å². The molecule has 1 aromatic heterocycles. The van der Waals surface area contributed by atoms with Gasteiger partial charge >= 0.3 is 0 Å². The van der Waals surface area contributed by atoms with Crippen LogP contribution in [0, 0.1) is 5.82 Å². The quantitative estimate of drug-likeness (QED) is 0.755. The lowest BCUT2D eigenvalue weighted by Crippen LogP contribution is -2.16. The fourth-order valence-electron chi connectivity index (χ4n) is 2.32. The lowest BCUT2D eigenvalue weighted by molar-refractivity contribution is 0.476. The van der Waals surface area contributed by atoms with E-state index in [1.165, 1.54) is 6.07 Å². The summed E-state index contributed by atoms with van der Waals surface area (Å²) in [5, 5.41) is 3.98. The molecule has 102 valence electrons. The molecule has 3 rings (SSSR count). The van der Waals surface area contributed by atoms with Gasteiger partial charge in [-0.2, -0.15) is 0 Å². The molecule has 2 nitrogen and oxygen atoms in total. The summed E-state index contributed by atoms with van der Waals surface area (Å²) in [5.41, 5.74) is 1.37. The van der Waals surface area contributed by atoms with Crippen molar-refractivity contribution in [1.82, 2.24) is 5.32 Å². The summed E-state index contributed by atoms with van der Waals surface area (Å²) < 4.78 is 20.4. The summed E-state index contributed by atoms with van der Waals surface area (Å²) >= 11 is 3.42. The normalized spacial score (nSPS) is 12.8. The lowest BCUT2D eigenvalue weighted by Gasteiger charge is -2.13. The van der Waals surface area contributed by atoms with Gasteiger partial charge in [-0.15, -0.1) is 0 Å². The maximum Gasteiger partial charge on any atom is 0.169 e. The van der Waals surface area contributed by atoms with E-state index in [0.717, 1.165) is 15.4 Å². The predicted molar refractivity (Wildman–Crippen MR) is 81.2 cm³/mol. The van der Waals surface area contributed by atoms with Gasteiger partial charge in [-0.3, -0.25) is 0 Å². The number of fused-ring (bicyclic) bond motifs is 1. The van der Waals surface area contributed by atoms with Crippen LogP contribution in [0.2, 0.25) is 0 Å². The minimum absolute atomic E-state index is 0.102. The van der Waals surface area contributed by atoms with Crippen molar-refractivity contribution in [2.75, 3.05) is 7.05 Å². The molecular weight excluding hydrogens is 321 g/mol. The summed E-state index contributed by atoms with van der Waals surface area (Å²) in [6, 6.07) is 14.7. The first-order chi connectivity index (χ1) is 9.69. The van der Waals surface area contributed by atoms with E-state index in [0.29, 0.717) is 11.3 Å². The Kier molecular flexibility index (Phi) is 3.59. The van der Waals surface area contributed by atoms with E-state index in [1.807, 2.05) is 43.4 Å². The summed E-state index contributed by atoms with van der Waals surface area (Å²) in [6.45, 7) is 0. The smallest absolute Gasteiger partial charge is 0.169 e. The van der Waals surface area contributed by atoms with Gasteiger partial charge in [0.05, 0.1) is 6.04 Å². The van der Waals surface area contributed by atoms with Crippen molar-refractivity contribution in [3.63, 3.8) is 0 Å². The fraction of sp³-hybridized carbons (Fsp3) is 0.125. The van der Waals surface area contributed by atoms with Crippen LogP contribution in [-0.2, 0) is 0 Å². The Hall–Kier alpha value is -1.65. The summed E-state index contributed by atoms with van der Waals surface area (Å²) in [6.07, 6.45) is 0. The standard InChI is InChI=1S/C16H13BrFNO/c1-19-15(10-5-7-12(17)8-6-10)14-9-11-3-2-4-13(18)16(11)20-14/h2-9,15,19H,1H3. The third-order valence-electron chi connectivity index (χ3n) is 3.29. The molecule has 0 saturated carbocycles. The molecular formula is C16H13BrFNO. The van der Waals surface area contributed by atoms with E-state index in [-0.39, 0.29) is 11.9 Å². The Morgan fingerprint density at radius 3 is 2.55 bits per heavy atom. The number of furan rings is 1. The van der Waals surface area contributed by atoms with Crippen molar-refractivity contribution in [2.24, 2.45) is 0 Å². The van der Waals surface area contributed by atoms with Gasteiger partial charge in [0.25, 0.3) is 0 Å².